The molecular weight excluding hydrogens is 344 g/mol. The van der Waals surface area contributed by atoms with Crippen molar-refractivity contribution in [3.63, 3.8) is 0 Å². The topological polar surface area (TPSA) is 24.8 Å². The van der Waals surface area contributed by atoms with Crippen molar-refractivity contribution >= 4 is 5.78 Å². The van der Waals surface area contributed by atoms with E-state index in [2.05, 4.69) is 82.5 Å². The molecule has 0 bridgehead atoms. The number of ketones is 1. The van der Waals surface area contributed by atoms with E-state index in [0.29, 0.717) is 24.5 Å². The number of hydrogen-bond acceptors (Lipinski definition) is 1. The summed E-state index contributed by atoms with van der Waals surface area (Å²) >= 11 is 0. The molecule has 0 unspecified atom stereocenters. The van der Waals surface area contributed by atoms with Crippen molar-refractivity contribution in [2.45, 2.75) is 32.2 Å². The molecular formula is C25H26N2O+2. The van der Waals surface area contributed by atoms with Gasteiger partial charge in [-0.1, -0.05) is 30.4 Å². The first-order valence-corrected chi connectivity index (χ1v) is 10.0. The summed E-state index contributed by atoms with van der Waals surface area (Å²) in [5.41, 5.74) is 3.51. The highest BCUT2D eigenvalue weighted by atomic mass is 16.1. The van der Waals surface area contributed by atoms with Gasteiger partial charge in [-0.05, 0) is 29.9 Å². The largest absolute Gasteiger partial charge is 0.299 e. The lowest BCUT2D eigenvalue weighted by Gasteiger charge is -2.05. The summed E-state index contributed by atoms with van der Waals surface area (Å²) in [6.45, 7) is 0.748. The first-order chi connectivity index (χ1) is 13.8. The fraction of sp³-hybridized carbons (Fsp3) is 0.240. The molecule has 0 N–H and O–H groups in total. The predicted octanol–water partition coefficient (Wildman–Crippen LogP) is 4.23. The standard InChI is InChI=1S/C25H26N2O/c28-25(20-21-6-4-5-7-21)14-17-26-15-10-22(11-16-26)23-12-18-27(19-13-23)24-8-2-1-3-9-24/h1-4,6,8-13,15-16,18-19,21H,5,7,14,17,20H2/q+2/t21-/m1/s1. The Morgan fingerprint density at radius 1 is 0.893 bits per heavy atom. The van der Waals surface area contributed by atoms with E-state index in [1.165, 1.54) is 11.1 Å². The second-order valence-corrected chi connectivity index (χ2v) is 7.41. The number of rotatable bonds is 7. The maximum absolute atomic E-state index is 12.2. The van der Waals surface area contributed by atoms with E-state index >= 15 is 0 Å². The van der Waals surface area contributed by atoms with E-state index in [9.17, 15) is 4.79 Å². The first-order valence-electron chi connectivity index (χ1n) is 10.0. The molecule has 0 aliphatic heterocycles. The summed E-state index contributed by atoms with van der Waals surface area (Å²) in [5.74, 6) is 0.832. The molecule has 0 fully saturated rings. The smallest absolute Gasteiger partial charge is 0.210 e. The molecule has 2 aromatic heterocycles. The highest BCUT2D eigenvalue weighted by Crippen LogP contribution is 2.21. The average Bonchev–Trinajstić information content (AvgIpc) is 3.26. The molecule has 1 aliphatic rings. The van der Waals surface area contributed by atoms with Crippen LogP contribution >= 0.6 is 0 Å². The lowest BCUT2D eigenvalue weighted by atomic mass is 10.0. The molecule has 0 amide bonds. The van der Waals surface area contributed by atoms with E-state index in [-0.39, 0.29) is 0 Å². The second kappa shape index (κ2) is 8.75. The third-order valence-electron chi connectivity index (χ3n) is 5.36. The van der Waals surface area contributed by atoms with Crippen molar-refractivity contribution in [2.75, 3.05) is 0 Å². The molecule has 3 aromatic rings. The number of Topliss-reactive ketones (excluding diaryl/α,β-unsaturated/α-hetero) is 1. The van der Waals surface area contributed by atoms with Crippen molar-refractivity contribution in [3.05, 3.63) is 91.5 Å². The zero-order valence-electron chi connectivity index (χ0n) is 16.1. The van der Waals surface area contributed by atoms with Crippen LogP contribution in [0.4, 0.5) is 0 Å². The van der Waals surface area contributed by atoms with E-state index in [0.717, 1.165) is 25.1 Å². The van der Waals surface area contributed by atoms with Gasteiger partial charge in [0.2, 0.25) is 5.69 Å². The zero-order valence-corrected chi connectivity index (χ0v) is 16.1. The molecule has 0 saturated carbocycles. The molecule has 28 heavy (non-hydrogen) atoms. The molecule has 3 heteroatoms. The number of benzene rings is 1. The van der Waals surface area contributed by atoms with Gasteiger partial charge in [0.15, 0.2) is 31.3 Å². The summed E-state index contributed by atoms with van der Waals surface area (Å²) < 4.78 is 4.21. The van der Waals surface area contributed by atoms with Crippen LogP contribution < -0.4 is 9.13 Å². The fourth-order valence-electron chi connectivity index (χ4n) is 3.70. The van der Waals surface area contributed by atoms with E-state index in [1.54, 1.807) is 0 Å². The molecule has 1 aliphatic carbocycles. The number of carbonyl (C=O) groups is 1. The SMILES string of the molecule is O=C(CC[n+]1ccc(-c2cc[n+](-c3ccccc3)cc2)cc1)C[C@@H]1C=CCC1. The van der Waals surface area contributed by atoms with Crippen LogP contribution in [0.15, 0.2) is 91.5 Å². The van der Waals surface area contributed by atoms with Gasteiger partial charge in [0, 0.05) is 42.8 Å². The van der Waals surface area contributed by atoms with Gasteiger partial charge in [0.25, 0.3) is 0 Å². The first kappa shape index (κ1) is 18.3. The van der Waals surface area contributed by atoms with Gasteiger partial charge in [0.1, 0.15) is 5.78 Å². The molecule has 1 atom stereocenters. The second-order valence-electron chi connectivity index (χ2n) is 7.41. The maximum atomic E-state index is 12.2. The lowest BCUT2D eigenvalue weighted by molar-refractivity contribution is -0.695. The Hall–Kier alpha value is -3.07. The Bertz CT molecular complexity index is 944. The number of allylic oxidation sites excluding steroid dienone is 2. The Kier molecular flexibility index (Phi) is 5.72. The normalized spacial score (nSPS) is 15.6. The molecule has 0 spiro atoms. The molecule has 140 valence electrons. The highest BCUT2D eigenvalue weighted by molar-refractivity contribution is 5.78. The van der Waals surface area contributed by atoms with E-state index < -0.39 is 0 Å². The van der Waals surface area contributed by atoms with Crippen molar-refractivity contribution in [2.24, 2.45) is 5.92 Å². The van der Waals surface area contributed by atoms with Crippen LogP contribution in [-0.2, 0) is 11.3 Å². The quantitative estimate of drug-likeness (QED) is 0.451. The Labute approximate surface area is 166 Å². The van der Waals surface area contributed by atoms with Gasteiger partial charge in [-0.2, -0.15) is 4.57 Å². The summed E-state index contributed by atoms with van der Waals surface area (Å²) in [5, 5.41) is 0. The van der Waals surface area contributed by atoms with Gasteiger partial charge < -0.3 is 0 Å². The summed E-state index contributed by atoms with van der Waals surface area (Å²) in [7, 11) is 0. The number of pyridine rings is 2. The number of nitrogens with zero attached hydrogens (tertiary/aromatic N) is 2. The molecule has 2 heterocycles. The summed E-state index contributed by atoms with van der Waals surface area (Å²) in [4.78, 5) is 12.2. The lowest BCUT2D eigenvalue weighted by Crippen LogP contribution is -2.33. The van der Waals surface area contributed by atoms with Crippen LogP contribution in [0, 0.1) is 5.92 Å². The van der Waals surface area contributed by atoms with Crippen molar-refractivity contribution in [1.29, 1.82) is 0 Å². The Balaban J connectivity index is 1.35. The van der Waals surface area contributed by atoms with Gasteiger partial charge in [0.05, 0.1) is 6.42 Å². The number of aromatic nitrogens is 2. The minimum atomic E-state index is 0.363. The van der Waals surface area contributed by atoms with E-state index in [4.69, 9.17) is 0 Å². The van der Waals surface area contributed by atoms with Crippen LogP contribution in [0.3, 0.4) is 0 Å². The number of hydrogen-bond donors (Lipinski definition) is 0. The molecule has 0 radical (unpaired) electrons. The van der Waals surface area contributed by atoms with E-state index in [1.807, 2.05) is 18.2 Å². The maximum Gasteiger partial charge on any atom is 0.210 e. The Morgan fingerprint density at radius 2 is 1.57 bits per heavy atom. The van der Waals surface area contributed by atoms with Gasteiger partial charge in [-0.3, -0.25) is 4.79 Å². The monoisotopic (exact) mass is 370 g/mol. The summed E-state index contributed by atoms with van der Waals surface area (Å²) in [6, 6.07) is 18.8. The Morgan fingerprint density at radius 3 is 2.21 bits per heavy atom. The van der Waals surface area contributed by atoms with Crippen LogP contribution in [0.25, 0.3) is 16.8 Å². The molecule has 4 rings (SSSR count). The summed E-state index contributed by atoms with van der Waals surface area (Å²) in [6.07, 6.45) is 16.2. The number of carbonyl (C=O) groups excluding carboxylic acids is 1. The van der Waals surface area contributed by atoms with Crippen molar-refractivity contribution < 1.29 is 13.9 Å². The third kappa shape index (κ3) is 4.61. The van der Waals surface area contributed by atoms with Crippen LogP contribution in [0.1, 0.15) is 25.7 Å². The van der Waals surface area contributed by atoms with Gasteiger partial charge >= 0.3 is 0 Å². The van der Waals surface area contributed by atoms with Crippen molar-refractivity contribution in [3.8, 4) is 16.8 Å². The van der Waals surface area contributed by atoms with Gasteiger partial charge in [-0.25, -0.2) is 4.57 Å². The van der Waals surface area contributed by atoms with Gasteiger partial charge in [-0.15, -0.1) is 0 Å². The van der Waals surface area contributed by atoms with Crippen molar-refractivity contribution in [1.82, 2.24) is 0 Å². The van der Waals surface area contributed by atoms with Crippen LogP contribution in [0.2, 0.25) is 0 Å². The minimum absolute atomic E-state index is 0.363. The minimum Gasteiger partial charge on any atom is -0.299 e. The van der Waals surface area contributed by atoms with Crippen LogP contribution in [0.5, 0.6) is 0 Å². The predicted molar refractivity (Wildman–Crippen MR) is 110 cm³/mol. The molecule has 0 saturated heterocycles. The number of aryl methyl sites for hydroxylation is 1. The number of para-hydroxylation sites is 1. The zero-order chi connectivity index (χ0) is 19.2. The fourth-order valence-corrected chi connectivity index (χ4v) is 3.70. The average molecular weight is 370 g/mol. The molecule has 3 nitrogen and oxygen atoms in total. The third-order valence-corrected chi connectivity index (χ3v) is 5.36. The van der Waals surface area contributed by atoms with Crippen LogP contribution in [-0.4, -0.2) is 5.78 Å². The molecule has 1 aromatic carbocycles. The highest BCUT2D eigenvalue weighted by Gasteiger charge is 2.15.